The van der Waals surface area contributed by atoms with E-state index in [2.05, 4.69) is 5.32 Å². The molecule has 8 heteroatoms. The van der Waals surface area contributed by atoms with Crippen LogP contribution in [0, 0.1) is 0 Å². The van der Waals surface area contributed by atoms with Crippen molar-refractivity contribution in [1.82, 2.24) is 0 Å². The Kier molecular flexibility index (Phi) is 6.59. The van der Waals surface area contributed by atoms with E-state index in [-0.39, 0.29) is 28.5 Å². The summed E-state index contributed by atoms with van der Waals surface area (Å²) in [6, 6.07) is 9.04. The predicted octanol–water partition coefficient (Wildman–Crippen LogP) is 3.01. The van der Waals surface area contributed by atoms with Gasteiger partial charge in [0.2, 0.25) is 0 Å². The fourth-order valence-electron chi connectivity index (χ4n) is 2.46. The van der Waals surface area contributed by atoms with Gasteiger partial charge < -0.3 is 24.6 Å². The standard InChI is InChI=1S/C20H21NO7/c1-11(22)13-6-5-7-15(8-13)28-12(2)19(23)21-16-9-14(20(24)25)10-17(26-3)18(16)27-4/h5-10,12H,1-4H3,(H,21,23)(H,24,25). The Balaban J connectivity index is 2.23. The van der Waals surface area contributed by atoms with Crippen LogP contribution >= 0.6 is 0 Å². The summed E-state index contributed by atoms with van der Waals surface area (Å²) >= 11 is 0. The zero-order valence-electron chi connectivity index (χ0n) is 15.9. The quantitative estimate of drug-likeness (QED) is 0.670. The van der Waals surface area contributed by atoms with Crippen molar-refractivity contribution in [3.63, 3.8) is 0 Å². The van der Waals surface area contributed by atoms with Crippen molar-refractivity contribution in [3.8, 4) is 17.2 Å². The summed E-state index contributed by atoms with van der Waals surface area (Å²) in [7, 11) is 2.74. The molecule has 0 saturated heterocycles. The Hall–Kier alpha value is -3.55. The van der Waals surface area contributed by atoms with Gasteiger partial charge in [-0.25, -0.2) is 4.79 Å². The summed E-state index contributed by atoms with van der Waals surface area (Å²) < 4.78 is 16.0. The van der Waals surface area contributed by atoms with Crippen LogP contribution in [-0.4, -0.2) is 43.1 Å². The Labute approximate surface area is 162 Å². The average Bonchev–Trinajstić information content (AvgIpc) is 2.67. The van der Waals surface area contributed by atoms with E-state index in [4.69, 9.17) is 14.2 Å². The fourth-order valence-corrected chi connectivity index (χ4v) is 2.46. The molecule has 2 N–H and O–H groups in total. The number of carboxylic acid groups (broad SMARTS) is 1. The number of methoxy groups -OCH3 is 2. The SMILES string of the molecule is COc1cc(C(=O)O)cc(NC(=O)C(C)Oc2cccc(C(C)=O)c2)c1OC. The second-order valence-electron chi connectivity index (χ2n) is 5.90. The summed E-state index contributed by atoms with van der Waals surface area (Å²) in [6.45, 7) is 2.96. The van der Waals surface area contributed by atoms with Gasteiger partial charge in [-0.3, -0.25) is 9.59 Å². The molecule has 0 bridgehead atoms. The largest absolute Gasteiger partial charge is 0.493 e. The zero-order valence-corrected chi connectivity index (χ0v) is 15.9. The maximum atomic E-state index is 12.5. The van der Waals surface area contributed by atoms with E-state index < -0.39 is 18.0 Å². The number of Topliss-reactive ketones (excluding diaryl/α,β-unsaturated/α-hetero) is 1. The number of hydrogen-bond acceptors (Lipinski definition) is 6. The fraction of sp³-hybridized carbons (Fsp3) is 0.250. The first-order chi connectivity index (χ1) is 13.3. The van der Waals surface area contributed by atoms with Crippen LogP contribution in [-0.2, 0) is 4.79 Å². The molecule has 8 nitrogen and oxygen atoms in total. The number of carbonyl (C=O) groups is 3. The van der Waals surface area contributed by atoms with Crippen molar-refractivity contribution in [3.05, 3.63) is 47.5 Å². The van der Waals surface area contributed by atoms with Gasteiger partial charge in [0.1, 0.15) is 5.75 Å². The van der Waals surface area contributed by atoms with Crippen LogP contribution < -0.4 is 19.5 Å². The summed E-state index contributed by atoms with van der Waals surface area (Å²) in [4.78, 5) is 35.3. The lowest BCUT2D eigenvalue weighted by Crippen LogP contribution is -2.30. The molecule has 0 aliphatic heterocycles. The zero-order chi connectivity index (χ0) is 20.8. The van der Waals surface area contributed by atoms with Crippen molar-refractivity contribution < 1.29 is 33.7 Å². The highest BCUT2D eigenvalue weighted by Gasteiger charge is 2.21. The first kappa shape index (κ1) is 20.8. The van der Waals surface area contributed by atoms with E-state index in [1.807, 2.05) is 0 Å². The molecule has 148 valence electrons. The highest BCUT2D eigenvalue weighted by atomic mass is 16.5. The maximum absolute atomic E-state index is 12.5. The molecule has 0 aliphatic rings. The number of anilines is 1. The molecule has 0 aromatic heterocycles. The van der Waals surface area contributed by atoms with E-state index in [0.717, 1.165) is 0 Å². The molecule has 0 spiro atoms. The Morgan fingerprint density at radius 1 is 1.04 bits per heavy atom. The van der Waals surface area contributed by atoms with Crippen molar-refractivity contribution in [2.45, 2.75) is 20.0 Å². The molecule has 0 fully saturated rings. The number of nitrogens with one attached hydrogen (secondary N) is 1. The van der Waals surface area contributed by atoms with Crippen molar-refractivity contribution in [1.29, 1.82) is 0 Å². The first-order valence-corrected chi connectivity index (χ1v) is 8.34. The number of amides is 1. The van der Waals surface area contributed by atoms with Gasteiger partial charge in [-0.05, 0) is 38.1 Å². The lowest BCUT2D eigenvalue weighted by molar-refractivity contribution is -0.122. The average molecular weight is 387 g/mol. The molecular formula is C20H21NO7. The van der Waals surface area contributed by atoms with Gasteiger partial charge in [-0.15, -0.1) is 0 Å². The van der Waals surface area contributed by atoms with Crippen molar-refractivity contribution in [2.75, 3.05) is 19.5 Å². The van der Waals surface area contributed by atoms with Crippen LogP contribution in [0.1, 0.15) is 34.6 Å². The molecule has 2 aromatic rings. The van der Waals surface area contributed by atoms with Crippen LogP contribution in [0.3, 0.4) is 0 Å². The number of carboxylic acids is 1. The molecule has 2 aromatic carbocycles. The second-order valence-corrected chi connectivity index (χ2v) is 5.90. The van der Waals surface area contributed by atoms with E-state index in [1.165, 1.54) is 40.2 Å². The molecule has 0 saturated carbocycles. The topological polar surface area (TPSA) is 111 Å². The van der Waals surface area contributed by atoms with Gasteiger partial charge in [-0.2, -0.15) is 0 Å². The van der Waals surface area contributed by atoms with E-state index >= 15 is 0 Å². The lowest BCUT2D eigenvalue weighted by Gasteiger charge is -2.18. The number of ether oxygens (including phenoxy) is 3. The number of ketones is 1. The van der Waals surface area contributed by atoms with Crippen LogP contribution in [0.5, 0.6) is 17.2 Å². The monoisotopic (exact) mass is 387 g/mol. The molecule has 0 radical (unpaired) electrons. The summed E-state index contributed by atoms with van der Waals surface area (Å²) in [5.41, 5.74) is 0.526. The van der Waals surface area contributed by atoms with E-state index in [1.54, 1.807) is 24.3 Å². The molecular weight excluding hydrogens is 366 g/mol. The van der Waals surface area contributed by atoms with Crippen molar-refractivity contribution >= 4 is 23.3 Å². The Bertz CT molecular complexity index is 907. The smallest absolute Gasteiger partial charge is 0.335 e. The number of aromatic carboxylic acids is 1. The number of hydrogen-bond donors (Lipinski definition) is 2. The minimum atomic E-state index is -1.18. The van der Waals surface area contributed by atoms with Gasteiger partial charge in [-0.1, -0.05) is 12.1 Å². The van der Waals surface area contributed by atoms with Gasteiger partial charge >= 0.3 is 5.97 Å². The third kappa shape index (κ3) is 4.79. The number of rotatable bonds is 8. The van der Waals surface area contributed by atoms with Crippen LogP contribution in [0.4, 0.5) is 5.69 Å². The lowest BCUT2D eigenvalue weighted by atomic mass is 10.1. The summed E-state index contributed by atoms with van der Waals surface area (Å²) in [5, 5.41) is 11.8. The van der Waals surface area contributed by atoms with Crippen LogP contribution in [0.2, 0.25) is 0 Å². The molecule has 0 aliphatic carbocycles. The Morgan fingerprint density at radius 2 is 1.75 bits per heavy atom. The van der Waals surface area contributed by atoms with Gasteiger partial charge in [0.15, 0.2) is 23.4 Å². The highest BCUT2D eigenvalue weighted by molar-refractivity contribution is 5.98. The minimum absolute atomic E-state index is 0.0734. The second kappa shape index (κ2) is 8.90. The summed E-state index contributed by atoms with van der Waals surface area (Å²) in [6.07, 6.45) is -0.925. The minimum Gasteiger partial charge on any atom is -0.493 e. The summed E-state index contributed by atoms with van der Waals surface area (Å²) in [5.74, 6) is -1.12. The molecule has 1 unspecified atom stereocenters. The maximum Gasteiger partial charge on any atom is 0.335 e. The van der Waals surface area contributed by atoms with Gasteiger partial charge in [0.05, 0.1) is 25.5 Å². The predicted molar refractivity (Wildman–Crippen MR) is 102 cm³/mol. The van der Waals surface area contributed by atoms with Crippen LogP contribution in [0.15, 0.2) is 36.4 Å². The van der Waals surface area contributed by atoms with Crippen LogP contribution in [0.25, 0.3) is 0 Å². The van der Waals surface area contributed by atoms with E-state index in [9.17, 15) is 19.5 Å². The van der Waals surface area contributed by atoms with Gasteiger partial charge in [0.25, 0.3) is 5.91 Å². The third-order valence-corrected chi connectivity index (χ3v) is 3.91. The third-order valence-electron chi connectivity index (χ3n) is 3.91. The Morgan fingerprint density at radius 3 is 2.32 bits per heavy atom. The number of carbonyl (C=O) groups excluding carboxylic acids is 2. The first-order valence-electron chi connectivity index (χ1n) is 8.34. The molecule has 2 rings (SSSR count). The molecule has 0 heterocycles. The molecule has 28 heavy (non-hydrogen) atoms. The highest BCUT2D eigenvalue weighted by Crippen LogP contribution is 2.36. The molecule has 1 amide bonds. The number of benzene rings is 2. The van der Waals surface area contributed by atoms with E-state index in [0.29, 0.717) is 11.3 Å². The molecule has 1 atom stereocenters. The van der Waals surface area contributed by atoms with Gasteiger partial charge in [0, 0.05) is 5.56 Å². The normalized spacial score (nSPS) is 11.3. The van der Waals surface area contributed by atoms with Crippen molar-refractivity contribution in [2.24, 2.45) is 0 Å².